The van der Waals surface area contributed by atoms with Crippen molar-refractivity contribution in [3.8, 4) is 0 Å². The summed E-state index contributed by atoms with van der Waals surface area (Å²) in [6.45, 7) is 1.58. The van der Waals surface area contributed by atoms with E-state index in [0.29, 0.717) is 30.9 Å². The van der Waals surface area contributed by atoms with Crippen LogP contribution in [0.5, 0.6) is 0 Å². The number of amides is 2. The highest BCUT2D eigenvalue weighted by Gasteiger charge is 2.33. The second-order valence-corrected chi connectivity index (χ2v) is 5.65. The van der Waals surface area contributed by atoms with Crippen molar-refractivity contribution in [2.24, 2.45) is 5.92 Å². The smallest absolute Gasteiger partial charge is 0.337 e. The van der Waals surface area contributed by atoms with Gasteiger partial charge in [0, 0.05) is 38.9 Å². The molecule has 1 unspecified atom stereocenters. The molecule has 2 rings (SSSR count). The molecule has 0 saturated carbocycles. The number of carbonyl (C=O) groups excluding carboxylic acids is 3. The summed E-state index contributed by atoms with van der Waals surface area (Å²) in [6.07, 6.45) is 0.952. The van der Waals surface area contributed by atoms with E-state index < -0.39 is 5.97 Å². The van der Waals surface area contributed by atoms with E-state index >= 15 is 0 Å². The summed E-state index contributed by atoms with van der Waals surface area (Å²) in [5, 5.41) is 2.76. The molecule has 1 aliphatic rings. The predicted octanol–water partition coefficient (Wildman–Crippen LogP) is 1.30. The average molecular weight is 334 g/mol. The summed E-state index contributed by atoms with van der Waals surface area (Å²) in [5.74, 6) is -1.09. The van der Waals surface area contributed by atoms with Crippen molar-refractivity contribution in [3.05, 3.63) is 29.8 Å². The van der Waals surface area contributed by atoms with Crippen molar-refractivity contribution in [3.63, 3.8) is 0 Å². The summed E-state index contributed by atoms with van der Waals surface area (Å²) in [6, 6.07) is 6.52. The van der Waals surface area contributed by atoms with Gasteiger partial charge in [0.25, 0.3) is 0 Å². The van der Waals surface area contributed by atoms with Crippen LogP contribution >= 0.6 is 0 Å². The molecule has 1 aliphatic heterocycles. The standard InChI is InChI=1S/C17H22N2O5/c1-23-8-4-7-19-11-13(10-15(19)20)16(21)18-14-6-3-5-12(9-14)17(22)24-2/h3,5-6,9,13H,4,7-8,10-11H2,1-2H3,(H,18,21). The summed E-state index contributed by atoms with van der Waals surface area (Å²) in [4.78, 5) is 37.5. The first kappa shape index (κ1) is 17.9. The van der Waals surface area contributed by atoms with Gasteiger partial charge in [-0.05, 0) is 24.6 Å². The van der Waals surface area contributed by atoms with Crippen molar-refractivity contribution >= 4 is 23.5 Å². The number of likely N-dealkylation sites (tertiary alicyclic amines) is 1. The summed E-state index contributed by atoms with van der Waals surface area (Å²) in [5.41, 5.74) is 0.868. The molecule has 0 bridgehead atoms. The molecule has 130 valence electrons. The molecular formula is C17H22N2O5. The van der Waals surface area contributed by atoms with Crippen molar-refractivity contribution in [1.29, 1.82) is 0 Å². The Hall–Kier alpha value is -2.41. The number of esters is 1. The van der Waals surface area contributed by atoms with Crippen molar-refractivity contribution in [2.75, 3.05) is 39.2 Å². The van der Waals surface area contributed by atoms with Gasteiger partial charge >= 0.3 is 5.97 Å². The molecule has 1 saturated heterocycles. The van der Waals surface area contributed by atoms with Gasteiger partial charge in [-0.2, -0.15) is 0 Å². The topological polar surface area (TPSA) is 84.9 Å². The molecule has 1 aromatic carbocycles. The van der Waals surface area contributed by atoms with E-state index in [2.05, 4.69) is 10.1 Å². The first-order valence-corrected chi connectivity index (χ1v) is 7.81. The van der Waals surface area contributed by atoms with Crippen molar-refractivity contribution in [1.82, 2.24) is 4.90 Å². The number of rotatable bonds is 7. The number of benzene rings is 1. The van der Waals surface area contributed by atoms with Gasteiger partial charge in [0.05, 0.1) is 18.6 Å². The fraction of sp³-hybridized carbons (Fsp3) is 0.471. The maximum atomic E-state index is 12.4. The fourth-order valence-corrected chi connectivity index (χ4v) is 2.65. The Labute approximate surface area is 140 Å². The molecule has 0 aromatic heterocycles. The maximum absolute atomic E-state index is 12.4. The average Bonchev–Trinajstić information content (AvgIpc) is 2.96. The Kier molecular flexibility index (Phi) is 6.31. The molecule has 1 N–H and O–H groups in total. The molecule has 24 heavy (non-hydrogen) atoms. The Morgan fingerprint density at radius 2 is 2.12 bits per heavy atom. The molecule has 1 atom stereocenters. The molecule has 0 spiro atoms. The van der Waals surface area contributed by atoms with E-state index in [-0.39, 0.29) is 24.2 Å². The summed E-state index contributed by atoms with van der Waals surface area (Å²) < 4.78 is 9.63. The number of hydrogen-bond donors (Lipinski definition) is 1. The largest absolute Gasteiger partial charge is 0.465 e. The van der Waals surface area contributed by atoms with Gasteiger partial charge in [0.1, 0.15) is 0 Å². The second kappa shape index (κ2) is 8.44. The predicted molar refractivity (Wildman–Crippen MR) is 87.6 cm³/mol. The maximum Gasteiger partial charge on any atom is 0.337 e. The van der Waals surface area contributed by atoms with E-state index in [1.807, 2.05) is 0 Å². The van der Waals surface area contributed by atoms with Crippen LogP contribution in [0.25, 0.3) is 0 Å². The molecule has 1 heterocycles. The van der Waals surface area contributed by atoms with Crippen LogP contribution in [0.1, 0.15) is 23.2 Å². The van der Waals surface area contributed by atoms with Crippen LogP contribution < -0.4 is 5.32 Å². The molecule has 0 radical (unpaired) electrons. The number of nitrogens with one attached hydrogen (secondary N) is 1. The van der Waals surface area contributed by atoms with E-state index in [1.165, 1.54) is 7.11 Å². The Morgan fingerprint density at radius 1 is 1.33 bits per heavy atom. The highest BCUT2D eigenvalue weighted by atomic mass is 16.5. The number of hydrogen-bond acceptors (Lipinski definition) is 5. The quantitative estimate of drug-likeness (QED) is 0.600. The van der Waals surface area contributed by atoms with E-state index in [1.54, 1.807) is 36.3 Å². The third-order valence-corrected chi connectivity index (χ3v) is 3.91. The lowest BCUT2D eigenvalue weighted by molar-refractivity contribution is -0.128. The number of carbonyl (C=O) groups is 3. The van der Waals surface area contributed by atoms with Gasteiger partial charge in [-0.15, -0.1) is 0 Å². The van der Waals surface area contributed by atoms with Crippen LogP contribution in [0.3, 0.4) is 0 Å². The van der Waals surface area contributed by atoms with Crippen molar-refractivity contribution in [2.45, 2.75) is 12.8 Å². The van der Waals surface area contributed by atoms with Gasteiger partial charge < -0.3 is 19.7 Å². The van der Waals surface area contributed by atoms with Gasteiger partial charge in [-0.1, -0.05) is 6.07 Å². The molecule has 7 nitrogen and oxygen atoms in total. The lowest BCUT2D eigenvalue weighted by Crippen LogP contribution is -2.29. The highest BCUT2D eigenvalue weighted by molar-refractivity contribution is 5.98. The zero-order chi connectivity index (χ0) is 17.5. The third kappa shape index (κ3) is 4.55. The monoisotopic (exact) mass is 334 g/mol. The van der Waals surface area contributed by atoms with Gasteiger partial charge in [0.2, 0.25) is 11.8 Å². The zero-order valence-corrected chi connectivity index (χ0v) is 13.9. The van der Waals surface area contributed by atoms with E-state index in [4.69, 9.17) is 4.74 Å². The summed E-state index contributed by atoms with van der Waals surface area (Å²) in [7, 11) is 2.92. The van der Waals surface area contributed by atoms with Crippen molar-refractivity contribution < 1.29 is 23.9 Å². The van der Waals surface area contributed by atoms with Gasteiger partial charge in [-0.3, -0.25) is 9.59 Å². The molecule has 0 aliphatic carbocycles. The van der Waals surface area contributed by atoms with Gasteiger partial charge in [-0.25, -0.2) is 4.79 Å². The van der Waals surface area contributed by atoms with Crippen LogP contribution in [0.4, 0.5) is 5.69 Å². The second-order valence-electron chi connectivity index (χ2n) is 5.65. The number of ether oxygens (including phenoxy) is 2. The van der Waals surface area contributed by atoms with Crippen LogP contribution in [0, 0.1) is 5.92 Å². The van der Waals surface area contributed by atoms with Crippen LogP contribution in [-0.4, -0.2) is 56.6 Å². The SMILES string of the molecule is COCCCN1CC(C(=O)Nc2cccc(C(=O)OC)c2)CC1=O. The molecule has 1 fully saturated rings. The first-order valence-electron chi connectivity index (χ1n) is 7.81. The van der Waals surface area contributed by atoms with Crippen LogP contribution in [0.15, 0.2) is 24.3 Å². The molecule has 2 amide bonds. The normalized spacial score (nSPS) is 17.0. The van der Waals surface area contributed by atoms with E-state index in [9.17, 15) is 14.4 Å². The van der Waals surface area contributed by atoms with Crippen LogP contribution in [0.2, 0.25) is 0 Å². The minimum Gasteiger partial charge on any atom is -0.465 e. The Balaban J connectivity index is 1.93. The number of nitrogens with zero attached hydrogens (tertiary/aromatic N) is 1. The van der Waals surface area contributed by atoms with Crippen LogP contribution in [-0.2, 0) is 19.1 Å². The lowest BCUT2D eigenvalue weighted by Gasteiger charge is -2.16. The van der Waals surface area contributed by atoms with E-state index in [0.717, 1.165) is 6.42 Å². The molecule has 1 aromatic rings. The molecular weight excluding hydrogens is 312 g/mol. The lowest BCUT2D eigenvalue weighted by atomic mass is 10.1. The number of anilines is 1. The minimum absolute atomic E-state index is 0.0189. The van der Waals surface area contributed by atoms with Gasteiger partial charge in [0.15, 0.2) is 0 Å². The highest BCUT2D eigenvalue weighted by Crippen LogP contribution is 2.20. The Bertz CT molecular complexity index is 617. The summed E-state index contributed by atoms with van der Waals surface area (Å²) >= 11 is 0. The minimum atomic E-state index is -0.466. The fourth-order valence-electron chi connectivity index (χ4n) is 2.65. The third-order valence-electron chi connectivity index (χ3n) is 3.91. The Morgan fingerprint density at radius 3 is 2.83 bits per heavy atom. The molecule has 7 heteroatoms. The zero-order valence-electron chi connectivity index (χ0n) is 13.9. The first-order chi connectivity index (χ1) is 11.5. The number of methoxy groups -OCH3 is 2.